The van der Waals surface area contributed by atoms with Crippen LogP contribution in [0, 0.1) is 0 Å². The maximum Gasteiger partial charge on any atom is 0.173 e. The summed E-state index contributed by atoms with van der Waals surface area (Å²) in [4.78, 5) is 2.34. The first-order valence-electron chi connectivity index (χ1n) is 7.72. The average Bonchev–Trinajstić information content (AvgIpc) is 2.47. The molecule has 0 spiro atoms. The third kappa shape index (κ3) is 4.20. The fourth-order valence-corrected chi connectivity index (χ4v) is 2.83. The molecule has 0 radical (unpaired) electrons. The molecule has 0 saturated heterocycles. The van der Waals surface area contributed by atoms with Crippen LogP contribution in [0.5, 0.6) is 0 Å². The van der Waals surface area contributed by atoms with Gasteiger partial charge in [0.2, 0.25) is 0 Å². The molecule has 0 aliphatic heterocycles. The highest BCUT2D eigenvalue weighted by Gasteiger charge is 2.21. The molecule has 2 nitrogen and oxygen atoms in total. The standard InChI is InChI=1S/C17H28N2S/c1-6-13(4)19(14(5)7-2)17(20)18-16-12-10-9-11-15(16)8-3/h9-14H,6-8H2,1-5H3,(H,18,20). The molecule has 0 bridgehead atoms. The predicted octanol–water partition coefficient (Wildman–Crippen LogP) is 4.84. The monoisotopic (exact) mass is 292 g/mol. The third-order valence-electron chi connectivity index (χ3n) is 4.01. The van der Waals surface area contributed by atoms with Gasteiger partial charge >= 0.3 is 0 Å². The van der Waals surface area contributed by atoms with Gasteiger partial charge < -0.3 is 10.2 Å². The molecule has 3 heteroatoms. The Hall–Kier alpha value is -1.09. The van der Waals surface area contributed by atoms with Crippen LogP contribution in [0.15, 0.2) is 24.3 Å². The molecule has 1 rings (SSSR count). The number of thiocarbonyl (C=S) groups is 1. The number of aryl methyl sites for hydroxylation is 1. The van der Waals surface area contributed by atoms with Gasteiger partial charge in [-0.15, -0.1) is 0 Å². The molecule has 2 unspecified atom stereocenters. The van der Waals surface area contributed by atoms with Crippen molar-refractivity contribution in [2.45, 2.75) is 66.0 Å². The predicted molar refractivity (Wildman–Crippen MR) is 93.4 cm³/mol. The fraction of sp³-hybridized carbons (Fsp3) is 0.588. The van der Waals surface area contributed by atoms with Crippen LogP contribution in [0.4, 0.5) is 5.69 Å². The van der Waals surface area contributed by atoms with Crippen LogP contribution < -0.4 is 5.32 Å². The second-order valence-electron chi connectivity index (χ2n) is 5.36. The van der Waals surface area contributed by atoms with Crippen molar-refractivity contribution in [1.82, 2.24) is 4.90 Å². The first kappa shape index (κ1) is 17.0. The minimum Gasteiger partial charge on any atom is -0.344 e. The molecule has 0 aliphatic carbocycles. The van der Waals surface area contributed by atoms with Crippen LogP contribution in [0.2, 0.25) is 0 Å². The largest absolute Gasteiger partial charge is 0.344 e. The van der Waals surface area contributed by atoms with Gasteiger partial charge in [0.05, 0.1) is 0 Å². The van der Waals surface area contributed by atoms with E-state index in [1.807, 2.05) is 0 Å². The Bertz CT molecular complexity index is 421. The molecule has 1 aromatic rings. The molecule has 0 aromatic heterocycles. The van der Waals surface area contributed by atoms with Crippen molar-refractivity contribution >= 4 is 23.0 Å². The van der Waals surface area contributed by atoms with Crippen molar-refractivity contribution in [3.05, 3.63) is 29.8 Å². The summed E-state index contributed by atoms with van der Waals surface area (Å²) in [6.07, 6.45) is 3.21. The van der Waals surface area contributed by atoms with Crippen LogP contribution in [-0.4, -0.2) is 22.1 Å². The maximum atomic E-state index is 5.66. The van der Waals surface area contributed by atoms with Crippen molar-refractivity contribution < 1.29 is 0 Å². The molecule has 0 fully saturated rings. The Morgan fingerprint density at radius 3 is 2.15 bits per heavy atom. The SMILES string of the molecule is CCc1ccccc1NC(=S)N(C(C)CC)C(C)CC. The van der Waals surface area contributed by atoms with E-state index in [9.17, 15) is 0 Å². The first-order valence-corrected chi connectivity index (χ1v) is 8.13. The Morgan fingerprint density at radius 1 is 1.10 bits per heavy atom. The van der Waals surface area contributed by atoms with Gasteiger partial charge in [-0.1, -0.05) is 39.0 Å². The van der Waals surface area contributed by atoms with Crippen LogP contribution >= 0.6 is 12.2 Å². The zero-order valence-corrected chi connectivity index (χ0v) is 14.3. The molecule has 2 atom stereocenters. The zero-order chi connectivity index (χ0) is 15.1. The van der Waals surface area contributed by atoms with E-state index in [1.165, 1.54) is 5.56 Å². The summed E-state index contributed by atoms with van der Waals surface area (Å²) >= 11 is 5.66. The summed E-state index contributed by atoms with van der Waals surface area (Å²) in [5, 5.41) is 4.29. The summed E-state index contributed by atoms with van der Waals surface area (Å²) in [5.41, 5.74) is 2.44. The van der Waals surface area contributed by atoms with E-state index in [-0.39, 0.29) is 0 Å². The Kier molecular flexibility index (Phi) is 7.00. The number of benzene rings is 1. The number of nitrogens with zero attached hydrogens (tertiary/aromatic N) is 1. The molecule has 0 amide bonds. The molecule has 0 saturated carbocycles. The van der Waals surface area contributed by atoms with Crippen molar-refractivity contribution in [3.8, 4) is 0 Å². The minimum absolute atomic E-state index is 0.457. The molecular weight excluding hydrogens is 264 g/mol. The lowest BCUT2D eigenvalue weighted by Gasteiger charge is -2.36. The van der Waals surface area contributed by atoms with E-state index >= 15 is 0 Å². The summed E-state index contributed by atoms with van der Waals surface area (Å²) in [7, 11) is 0. The number of anilines is 1. The molecule has 112 valence electrons. The average molecular weight is 292 g/mol. The van der Waals surface area contributed by atoms with Gasteiger partial charge in [0.25, 0.3) is 0 Å². The van der Waals surface area contributed by atoms with E-state index in [1.54, 1.807) is 0 Å². The topological polar surface area (TPSA) is 15.3 Å². The lowest BCUT2D eigenvalue weighted by atomic mass is 10.1. The van der Waals surface area contributed by atoms with Crippen LogP contribution in [0.1, 0.15) is 53.0 Å². The van der Waals surface area contributed by atoms with Gasteiger partial charge in [0, 0.05) is 17.8 Å². The smallest absolute Gasteiger partial charge is 0.173 e. The molecular formula is C17H28N2S. The van der Waals surface area contributed by atoms with E-state index in [2.05, 4.69) is 69.1 Å². The Labute approximate surface area is 129 Å². The van der Waals surface area contributed by atoms with Crippen molar-refractivity contribution in [1.29, 1.82) is 0 Å². The first-order chi connectivity index (χ1) is 9.54. The normalized spacial score (nSPS) is 13.7. The summed E-state index contributed by atoms with van der Waals surface area (Å²) in [5.74, 6) is 0. The van der Waals surface area contributed by atoms with Gasteiger partial charge in [-0.2, -0.15) is 0 Å². The number of nitrogens with one attached hydrogen (secondary N) is 1. The Morgan fingerprint density at radius 2 is 1.65 bits per heavy atom. The number of rotatable bonds is 6. The second-order valence-corrected chi connectivity index (χ2v) is 5.75. The van der Waals surface area contributed by atoms with E-state index < -0.39 is 0 Å². The quantitative estimate of drug-likeness (QED) is 0.755. The zero-order valence-electron chi connectivity index (χ0n) is 13.4. The molecule has 0 aliphatic rings. The summed E-state index contributed by atoms with van der Waals surface area (Å²) in [6.45, 7) is 11.1. The van der Waals surface area contributed by atoms with Gasteiger partial charge in [0.1, 0.15) is 0 Å². The molecule has 1 aromatic carbocycles. The Balaban J connectivity index is 2.90. The summed E-state index contributed by atoms with van der Waals surface area (Å²) < 4.78 is 0. The fourth-order valence-electron chi connectivity index (χ4n) is 2.36. The number of hydrogen-bond acceptors (Lipinski definition) is 1. The van der Waals surface area contributed by atoms with Crippen LogP contribution in [0.25, 0.3) is 0 Å². The van der Waals surface area contributed by atoms with Crippen LogP contribution in [-0.2, 0) is 6.42 Å². The van der Waals surface area contributed by atoms with E-state index in [0.29, 0.717) is 12.1 Å². The van der Waals surface area contributed by atoms with Gasteiger partial charge in [0.15, 0.2) is 5.11 Å². The van der Waals surface area contributed by atoms with E-state index in [0.717, 1.165) is 30.1 Å². The van der Waals surface area contributed by atoms with Gasteiger partial charge in [-0.05, 0) is 57.0 Å². The minimum atomic E-state index is 0.457. The number of hydrogen-bond donors (Lipinski definition) is 1. The van der Waals surface area contributed by atoms with E-state index in [4.69, 9.17) is 12.2 Å². The summed E-state index contributed by atoms with van der Waals surface area (Å²) in [6, 6.07) is 9.31. The second kappa shape index (κ2) is 8.25. The van der Waals surface area contributed by atoms with Crippen molar-refractivity contribution in [2.75, 3.05) is 5.32 Å². The molecule has 1 N–H and O–H groups in total. The third-order valence-corrected chi connectivity index (χ3v) is 4.32. The van der Waals surface area contributed by atoms with Crippen molar-refractivity contribution in [2.24, 2.45) is 0 Å². The van der Waals surface area contributed by atoms with Crippen molar-refractivity contribution in [3.63, 3.8) is 0 Å². The molecule has 20 heavy (non-hydrogen) atoms. The highest BCUT2D eigenvalue weighted by atomic mass is 32.1. The highest BCUT2D eigenvalue weighted by Crippen LogP contribution is 2.19. The lowest BCUT2D eigenvalue weighted by molar-refractivity contribution is 0.254. The highest BCUT2D eigenvalue weighted by molar-refractivity contribution is 7.80. The molecule has 0 heterocycles. The number of para-hydroxylation sites is 1. The van der Waals surface area contributed by atoms with Crippen LogP contribution in [0.3, 0.4) is 0 Å². The lowest BCUT2D eigenvalue weighted by Crippen LogP contribution is -2.46. The van der Waals surface area contributed by atoms with Gasteiger partial charge in [-0.3, -0.25) is 0 Å². The van der Waals surface area contributed by atoms with Gasteiger partial charge in [-0.25, -0.2) is 0 Å². The maximum absolute atomic E-state index is 5.66.